The Bertz CT molecular complexity index is 1090. The van der Waals surface area contributed by atoms with E-state index in [0.29, 0.717) is 6.42 Å². The molecule has 0 radical (unpaired) electrons. The predicted octanol–water partition coefficient (Wildman–Crippen LogP) is 5.64. The number of rotatable bonds is 7. The van der Waals surface area contributed by atoms with Gasteiger partial charge in [0.05, 0.1) is 0 Å². The largest absolute Gasteiger partial charge is 0.479 e. The Morgan fingerprint density at radius 1 is 0.967 bits per heavy atom. The van der Waals surface area contributed by atoms with Gasteiger partial charge in [0.1, 0.15) is 11.6 Å². The highest BCUT2D eigenvalue weighted by Gasteiger charge is 2.17. The van der Waals surface area contributed by atoms with Gasteiger partial charge in [0.25, 0.3) is 0 Å². The Morgan fingerprint density at radius 3 is 2.43 bits per heavy atom. The number of carbonyl (C=O) groups is 1. The van der Waals surface area contributed by atoms with E-state index in [2.05, 4.69) is 0 Å². The Kier molecular flexibility index (Phi) is 6.45. The van der Waals surface area contributed by atoms with Crippen molar-refractivity contribution in [2.45, 2.75) is 26.7 Å². The minimum atomic E-state index is -1.25. The molecule has 0 fully saturated rings. The first kappa shape index (κ1) is 21.4. The van der Waals surface area contributed by atoms with Crippen molar-refractivity contribution in [2.24, 2.45) is 0 Å². The summed E-state index contributed by atoms with van der Waals surface area (Å²) in [4.78, 5) is 10.6. The van der Waals surface area contributed by atoms with Crippen LogP contribution in [0.4, 0.5) is 13.2 Å². The minimum Gasteiger partial charge on any atom is -0.479 e. The normalized spacial score (nSPS) is 10.8. The number of hydrogen-bond donors (Lipinski definition) is 1. The fourth-order valence-electron chi connectivity index (χ4n) is 3.34. The monoisotopic (exact) mass is 414 g/mol. The van der Waals surface area contributed by atoms with Crippen LogP contribution in [-0.2, 0) is 17.6 Å². The second-order valence-electron chi connectivity index (χ2n) is 7.11. The van der Waals surface area contributed by atoms with Crippen molar-refractivity contribution < 1.29 is 27.8 Å². The summed E-state index contributed by atoms with van der Waals surface area (Å²) in [6, 6.07) is 12.3. The lowest BCUT2D eigenvalue weighted by atomic mass is 9.92. The van der Waals surface area contributed by atoms with Gasteiger partial charge in [0.15, 0.2) is 18.2 Å². The molecule has 1 N–H and O–H groups in total. The first-order valence-electron chi connectivity index (χ1n) is 9.43. The molecular formula is C24H21F3O3. The number of benzene rings is 3. The Balaban J connectivity index is 1.89. The van der Waals surface area contributed by atoms with Gasteiger partial charge in [0.2, 0.25) is 0 Å². The first-order chi connectivity index (χ1) is 14.3. The smallest absolute Gasteiger partial charge is 0.341 e. The molecule has 3 aromatic carbocycles. The number of aryl methyl sites for hydroxylation is 2. The number of aliphatic carboxylic acids is 1. The number of hydrogen-bond acceptors (Lipinski definition) is 2. The molecule has 30 heavy (non-hydrogen) atoms. The maximum Gasteiger partial charge on any atom is 0.341 e. The van der Waals surface area contributed by atoms with E-state index < -0.39 is 24.2 Å². The standard InChI is InChI=1S/C24H21F3O3/c1-14-10-18(17-4-3-5-19(25)12-17)11-16(15(14)2)6-7-20-21(26)8-9-22(24(20)27)30-13-23(28)29/h3-5,8-12H,6-7,13H2,1-2H3,(H,28,29). The molecule has 0 amide bonds. The van der Waals surface area contributed by atoms with Gasteiger partial charge in [-0.3, -0.25) is 0 Å². The lowest BCUT2D eigenvalue weighted by molar-refractivity contribution is -0.139. The summed E-state index contributed by atoms with van der Waals surface area (Å²) in [5.41, 5.74) is 4.27. The van der Waals surface area contributed by atoms with Crippen molar-refractivity contribution in [1.82, 2.24) is 0 Å². The van der Waals surface area contributed by atoms with E-state index in [-0.39, 0.29) is 23.6 Å². The average Bonchev–Trinajstić information content (AvgIpc) is 2.70. The molecule has 0 heterocycles. The van der Waals surface area contributed by atoms with E-state index in [1.54, 1.807) is 12.1 Å². The molecule has 3 aromatic rings. The van der Waals surface area contributed by atoms with Crippen molar-refractivity contribution in [3.63, 3.8) is 0 Å². The molecule has 0 aliphatic heterocycles. The number of ether oxygens (including phenoxy) is 1. The zero-order chi connectivity index (χ0) is 21.8. The van der Waals surface area contributed by atoms with Gasteiger partial charge >= 0.3 is 5.97 Å². The summed E-state index contributed by atoms with van der Waals surface area (Å²) in [6.45, 7) is 3.15. The molecule has 0 saturated heterocycles. The Labute approximate surface area is 172 Å². The second-order valence-corrected chi connectivity index (χ2v) is 7.11. The van der Waals surface area contributed by atoms with Crippen LogP contribution in [0.3, 0.4) is 0 Å². The fraction of sp³-hybridized carbons (Fsp3) is 0.208. The summed E-state index contributed by atoms with van der Waals surface area (Å²) in [6.07, 6.45) is 0.418. The van der Waals surface area contributed by atoms with E-state index in [1.807, 2.05) is 26.0 Å². The van der Waals surface area contributed by atoms with Crippen LogP contribution in [-0.4, -0.2) is 17.7 Å². The van der Waals surface area contributed by atoms with Crippen molar-refractivity contribution in [3.8, 4) is 16.9 Å². The molecule has 0 aliphatic rings. The average molecular weight is 414 g/mol. The van der Waals surface area contributed by atoms with Crippen molar-refractivity contribution >= 4 is 5.97 Å². The van der Waals surface area contributed by atoms with E-state index in [9.17, 15) is 18.0 Å². The van der Waals surface area contributed by atoms with Gasteiger partial charge in [-0.2, -0.15) is 0 Å². The Morgan fingerprint density at radius 2 is 1.73 bits per heavy atom. The van der Waals surface area contributed by atoms with Gasteiger partial charge in [-0.05, 0) is 78.8 Å². The summed E-state index contributed by atoms with van der Waals surface area (Å²) >= 11 is 0. The van der Waals surface area contributed by atoms with Crippen LogP contribution in [0.2, 0.25) is 0 Å². The molecule has 6 heteroatoms. The third-order valence-corrected chi connectivity index (χ3v) is 5.08. The maximum absolute atomic E-state index is 14.7. The predicted molar refractivity (Wildman–Crippen MR) is 108 cm³/mol. The molecule has 0 aromatic heterocycles. The van der Waals surface area contributed by atoms with E-state index in [0.717, 1.165) is 39.9 Å². The van der Waals surface area contributed by atoms with Gasteiger partial charge in [0, 0.05) is 5.56 Å². The number of carboxylic acid groups (broad SMARTS) is 1. The summed E-state index contributed by atoms with van der Waals surface area (Å²) in [7, 11) is 0. The zero-order valence-electron chi connectivity index (χ0n) is 16.6. The molecule has 156 valence electrons. The number of carboxylic acids is 1. The molecule has 0 aliphatic carbocycles. The summed E-state index contributed by atoms with van der Waals surface area (Å²) in [5, 5.41) is 8.69. The first-order valence-corrected chi connectivity index (χ1v) is 9.43. The Hall–Kier alpha value is -3.28. The van der Waals surface area contributed by atoms with Crippen LogP contribution in [0.5, 0.6) is 5.75 Å². The van der Waals surface area contributed by atoms with Crippen LogP contribution < -0.4 is 4.74 Å². The third-order valence-electron chi connectivity index (χ3n) is 5.08. The van der Waals surface area contributed by atoms with Crippen molar-refractivity contribution in [1.29, 1.82) is 0 Å². The summed E-state index contributed by atoms with van der Waals surface area (Å²) in [5.74, 6) is -3.50. The molecular weight excluding hydrogens is 393 g/mol. The maximum atomic E-state index is 14.7. The van der Waals surface area contributed by atoms with E-state index in [1.165, 1.54) is 12.1 Å². The van der Waals surface area contributed by atoms with Crippen LogP contribution in [0, 0.1) is 31.3 Å². The van der Waals surface area contributed by atoms with Crippen LogP contribution in [0.1, 0.15) is 22.3 Å². The molecule has 0 spiro atoms. The number of halogens is 3. The zero-order valence-corrected chi connectivity index (χ0v) is 16.6. The van der Waals surface area contributed by atoms with Gasteiger partial charge in [-0.1, -0.05) is 24.3 Å². The lowest BCUT2D eigenvalue weighted by Gasteiger charge is -2.14. The second kappa shape index (κ2) is 9.03. The van der Waals surface area contributed by atoms with E-state index >= 15 is 0 Å². The van der Waals surface area contributed by atoms with Crippen molar-refractivity contribution in [2.75, 3.05) is 6.61 Å². The molecule has 0 bridgehead atoms. The molecule has 3 rings (SSSR count). The molecule has 0 unspecified atom stereocenters. The molecule has 0 saturated carbocycles. The highest BCUT2D eigenvalue weighted by Crippen LogP contribution is 2.29. The summed E-state index contributed by atoms with van der Waals surface area (Å²) < 4.78 is 47.4. The SMILES string of the molecule is Cc1cc(-c2cccc(F)c2)cc(CCc2c(F)ccc(OCC(=O)O)c2F)c1C. The van der Waals surface area contributed by atoms with Gasteiger partial charge in [-0.15, -0.1) is 0 Å². The van der Waals surface area contributed by atoms with Crippen LogP contribution >= 0.6 is 0 Å². The quantitative estimate of drug-likeness (QED) is 0.545. The van der Waals surface area contributed by atoms with Crippen molar-refractivity contribution in [3.05, 3.63) is 88.2 Å². The third kappa shape index (κ3) is 4.82. The fourth-order valence-corrected chi connectivity index (χ4v) is 3.34. The van der Waals surface area contributed by atoms with Gasteiger partial charge < -0.3 is 9.84 Å². The lowest BCUT2D eigenvalue weighted by Crippen LogP contribution is -2.11. The topological polar surface area (TPSA) is 46.5 Å². The molecule has 0 atom stereocenters. The van der Waals surface area contributed by atoms with Gasteiger partial charge in [-0.25, -0.2) is 18.0 Å². The highest BCUT2D eigenvalue weighted by atomic mass is 19.1. The van der Waals surface area contributed by atoms with Crippen LogP contribution in [0.15, 0.2) is 48.5 Å². The van der Waals surface area contributed by atoms with E-state index in [4.69, 9.17) is 9.84 Å². The van der Waals surface area contributed by atoms with Crippen LogP contribution in [0.25, 0.3) is 11.1 Å². The molecule has 3 nitrogen and oxygen atoms in total. The minimum absolute atomic E-state index is 0.0643. The highest BCUT2D eigenvalue weighted by molar-refractivity contribution is 5.68.